The van der Waals surface area contributed by atoms with Gasteiger partial charge in [0.2, 0.25) is 0 Å². The first-order valence-corrected chi connectivity index (χ1v) is 4.53. The summed E-state index contributed by atoms with van der Waals surface area (Å²) in [5.74, 6) is 0. The molecule has 1 saturated heterocycles. The van der Waals surface area contributed by atoms with Crippen molar-refractivity contribution in [3.8, 4) is 0 Å². The molecule has 1 spiro atoms. The first-order chi connectivity index (χ1) is 5.41. The number of nitrogens with one attached hydrogen (secondary N) is 2. The maximum Gasteiger partial charge on any atom is 0.0150 e. The molecule has 0 bridgehead atoms. The minimum atomic E-state index is 0.503. The zero-order valence-electron chi connectivity index (χ0n) is 6.90. The molecule has 2 heteroatoms. The van der Waals surface area contributed by atoms with Crippen LogP contribution >= 0.6 is 0 Å². The van der Waals surface area contributed by atoms with Crippen molar-refractivity contribution >= 4 is 0 Å². The van der Waals surface area contributed by atoms with Gasteiger partial charge >= 0.3 is 0 Å². The van der Waals surface area contributed by atoms with Gasteiger partial charge in [-0.15, -0.1) is 0 Å². The molecule has 2 aliphatic rings. The van der Waals surface area contributed by atoms with E-state index in [9.17, 15) is 0 Å². The molecule has 0 aliphatic carbocycles. The predicted octanol–water partition coefficient (Wildman–Crippen LogP) is 0.863. The van der Waals surface area contributed by atoms with Crippen molar-refractivity contribution in [2.45, 2.75) is 19.3 Å². The highest BCUT2D eigenvalue weighted by Crippen LogP contribution is 2.32. The Hall–Kier alpha value is -0.500. The van der Waals surface area contributed by atoms with E-state index in [4.69, 9.17) is 0 Å². The molecule has 2 N–H and O–H groups in total. The number of piperidine rings is 1. The summed E-state index contributed by atoms with van der Waals surface area (Å²) < 4.78 is 0. The van der Waals surface area contributed by atoms with Crippen molar-refractivity contribution in [2.75, 3.05) is 19.6 Å². The van der Waals surface area contributed by atoms with Gasteiger partial charge in [-0.05, 0) is 32.0 Å². The zero-order valence-corrected chi connectivity index (χ0v) is 6.90. The standard InChI is InChI=1S/C9H16N2/c1-2-9(8-11-5-1)3-6-10-7-4-9/h3,6,10-11H,1-2,4-5,7-8H2. The van der Waals surface area contributed by atoms with Crippen LogP contribution in [-0.2, 0) is 0 Å². The van der Waals surface area contributed by atoms with Crippen molar-refractivity contribution in [3.63, 3.8) is 0 Å². The van der Waals surface area contributed by atoms with E-state index in [1.165, 1.54) is 32.4 Å². The summed E-state index contributed by atoms with van der Waals surface area (Å²) in [5, 5.41) is 6.71. The molecule has 0 aromatic rings. The van der Waals surface area contributed by atoms with Crippen LogP contribution in [0.2, 0.25) is 0 Å². The molecule has 1 unspecified atom stereocenters. The molecule has 0 amide bonds. The SMILES string of the molecule is C1=CC2(CCCNC2)CCN1. The van der Waals surface area contributed by atoms with Gasteiger partial charge in [0.15, 0.2) is 0 Å². The molecule has 0 aromatic carbocycles. The van der Waals surface area contributed by atoms with Crippen LogP contribution in [-0.4, -0.2) is 19.6 Å². The third-order valence-corrected chi connectivity index (χ3v) is 2.83. The van der Waals surface area contributed by atoms with Crippen LogP contribution in [0.1, 0.15) is 19.3 Å². The van der Waals surface area contributed by atoms with Gasteiger partial charge in [0.05, 0.1) is 0 Å². The van der Waals surface area contributed by atoms with E-state index in [0.29, 0.717) is 5.41 Å². The van der Waals surface area contributed by atoms with Gasteiger partial charge in [0, 0.05) is 18.5 Å². The molecule has 62 valence electrons. The van der Waals surface area contributed by atoms with Gasteiger partial charge in [-0.1, -0.05) is 6.08 Å². The lowest BCUT2D eigenvalue weighted by Gasteiger charge is -2.37. The van der Waals surface area contributed by atoms with E-state index in [0.717, 1.165) is 6.54 Å². The van der Waals surface area contributed by atoms with Crippen molar-refractivity contribution in [1.29, 1.82) is 0 Å². The second-order valence-electron chi connectivity index (χ2n) is 3.68. The van der Waals surface area contributed by atoms with Gasteiger partial charge in [0.25, 0.3) is 0 Å². The lowest BCUT2D eigenvalue weighted by atomic mass is 9.77. The van der Waals surface area contributed by atoms with Crippen LogP contribution < -0.4 is 10.6 Å². The number of hydrogen-bond donors (Lipinski definition) is 2. The van der Waals surface area contributed by atoms with Crippen molar-refractivity contribution in [2.24, 2.45) is 5.41 Å². The summed E-state index contributed by atoms with van der Waals surface area (Å²) in [6, 6.07) is 0. The lowest BCUT2D eigenvalue weighted by Crippen LogP contribution is -2.42. The van der Waals surface area contributed by atoms with Gasteiger partial charge in [-0.2, -0.15) is 0 Å². The molecule has 11 heavy (non-hydrogen) atoms. The van der Waals surface area contributed by atoms with E-state index in [-0.39, 0.29) is 0 Å². The smallest absolute Gasteiger partial charge is 0.0150 e. The summed E-state index contributed by atoms with van der Waals surface area (Å²) in [4.78, 5) is 0. The Bertz CT molecular complexity index is 157. The fourth-order valence-corrected chi connectivity index (χ4v) is 2.07. The van der Waals surface area contributed by atoms with Crippen LogP contribution in [0, 0.1) is 5.41 Å². The normalized spacial score (nSPS) is 37.1. The molecule has 0 aromatic heterocycles. The van der Waals surface area contributed by atoms with Crippen molar-refractivity contribution in [3.05, 3.63) is 12.3 Å². The second kappa shape index (κ2) is 2.86. The average molecular weight is 152 g/mol. The molecular weight excluding hydrogens is 136 g/mol. The Kier molecular flexibility index (Phi) is 1.86. The fraction of sp³-hybridized carbons (Fsp3) is 0.778. The molecule has 2 nitrogen and oxygen atoms in total. The third-order valence-electron chi connectivity index (χ3n) is 2.83. The summed E-state index contributed by atoms with van der Waals surface area (Å²) in [6.45, 7) is 3.55. The molecule has 2 aliphatic heterocycles. The van der Waals surface area contributed by atoms with E-state index >= 15 is 0 Å². The monoisotopic (exact) mass is 152 g/mol. The summed E-state index contributed by atoms with van der Waals surface area (Å²) >= 11 is 0. The highest BCUT2D eigenvalue weighted by atomic mass is 14.9. The first kappa shape index (κ1) is 7.17. The molecule has 0 radical (unpaired) electrons. The van der Waals surface area contributed by atoms with Crippen LogP contribution in [0.25, 0.3) is 0 Å². The van der Waals surface area contributed by atoms with E-state index in [1.54, 1.807) is 0 Å². The molecule has 0 saturated carbocycles. The highest BCUT2D eigenvalue weighted by molar-refractivity contribution is 5.05. The van der Waals surface area contributed by atoms with Crippen molar-refractivity contribution in [1.82, 2.24) is 10.6 Å². The van der Waals surface area contributed by atoms with Crippen LogP contribution in [0.4, 0.5) is 0 Å². The minimum Gasteiger partial charge on any atom is -0.391 e. The van der Waals surface area contributed by atoms with E-state index in [2.05, 4.69) is 22.9 Å². The topological polar surface area (TPSA) is 24.1 Å². The quantitative estimate of drug-likeness (QED) is 0.538. The van der Waals surface area contributed by atoms with Crippen LogP contribution in [0.15, 0.2) is 12.3 Å². The molecule has 1 fully saturated rings. The number of rotatable bonds is 0. The molecular formula is C9H16N2. The van der Waals surface area contributed by atoms with E-state index < -0.39 is 0 Å². The Morgan fingerprint density at radius 1 is 1.18 bits per heavy atom. The Morgan fingerprint density at radius 2 is 2.18 bits per heavy atom. The zero-order chi connectivity index (χ0) is 7.57. The van der Waals surface area contributed by atoms with Gasteiger partial charge in [0.1, 0.15) is 0 Å². The van der Waals surface area contributed by atoms with Crippen LogP contribution in [0.3, 0.4) is 0 Å². The Morgan fingerprint density at radius 3 is 2.82 bits per heavy atom. The second-order valence-corrected chi connectivity index (χ2v) is 3.68. The van der Waals surface area contributed by atoms with Crippen molar-refractivity contribution < 1.29 is 0 Å². The van der Waals surface area contributed by atoms with E-state index in [1.807, 2.05) is 0 Å². The minimum absolute atomic E-state index is 0.503. The fourth-order valence-electron chi connectivity index (χ4n) is 2.07. The lowest BCUT2D eigenvalue weighted by molar-refractivity contribution is 0.249. The van der Waals surface area contributed by atoms with Crippen LogP contribution in [0.5, 0.6) is 0 Å². The van der Waals surface area contributed by atoms with Gasteiger partial charge in [-0.25, -0.2) is 0 Å². The molecule has 2 rings (SSSR count). The maximum absolute atomic E-state index is 3.47. The van der Waals surface area contributed by atoms with Gasteiger partial charge < -0.3 is 10.6 Å². The predicted molar refractivity (Wildman–Crippen MR) is 46.3 cm³/mol. The third kappa shape index (κ3) is 1.41. The number of hydrogen-bond acceptors (Lipinski definition) is 2. The summed E-state index contributed by atoms with van der Waals surface area (Å²) in [5.41, 5.74) is 0.503. The summed E-state index contributed by atoms with van der Waals surface area (Å²) in [7, 11) is 0. The average Bonchev–Trinajstić information content (AvgIpc) is 2.07. The first-order valence-electron chi connectivity index (χ1n) is 4.53. The molecule has 2 heterocycles. The van der Waals surface area contributed by atoms with Gasteiger partial charge in [-0.3, -0.25) is 0 Å². The maximum atomic E-state index is 3.47. The highest BCUT2D eigenvalue weighted by Gasteiger charge is 2.29. The summed E-state index contributed by atoms with van der Waals surface area (Å²) in [6.07, 6.45) is 8.48. The Labute approximate surface area is 68.1 Å². The molecule has 1 atom stereocenters. The Balaban J connectivity index is 2.06. The largest absolute Gasteiger partial charge is 0.391 e.